The molecule has 1 rings (SSSR count). The van der Waals surface area contributed by atoms with Gasteiger partial charge < -0.3 is 0 Å². The van der Waals surface area contributed by atoms with Crippen LogP contribution in [0.3, 0.4) is 0 Å². The Balaban J connectivity index is 1.90. The number of hydrogen-bond donors (Lipinski definition) is 0. The molecule has 0 saturated carbocycles. The molecule has 1 heteroatoms. The highest BCUT2D eigenvalue weighted by molar-refractivity contribution is 5.07. The summed E-state index contributed by atoms with van der Waals surface area (Å²) < 4.78 is 2.39. The van der Waals surface area contributed by atoms with Gasteiger partial charge in [-0.25, -0.2) is 4.57 Å². The predicted octanol–water partition coefficient (Wildman–Crippen LogP) is 9.75. The fourth-order valence-corrected chi connectivity index (χ4v) is 4.58. The maximum Gasteiger partial charge on any atom is 0.169 e. The van der Waals surface area contributed by atoms with Crippen molar-refractivity contribution < 1.29 is 4.57 Å². The van der Waals surface area contributed by atoms with Crippen LogP contribution in [0.15, 0.2) is 24.5 Å². The quantitative estimate of drug-likeness (QED) is 0.120. The second kappa shape index (κ2) is 22.3. The number of unbranched alkanes of at least 4 members (excludes halogenated alkanes) is 19. The summed E-state index contributed by atoms with van der Waals surface area (Å²) in [6.07, 6.45) is 35.8. The smallest absolute Gasteiger partial charge is 0.169 e. The van der Waals surface area contributed by atoms with Gasteiger partial charge in [-0.3, -0.25) is 0 Å². The molecule has 0 saturated heterocycles. The molecule has 0 radical (unpaired) electrons. The third kappa shape index (κ3) is 18.4. The van der Waals surface area contributed by atoms with Crippen LogP contribution in [-0.2, 0) is 13.0 Å². The largest absolute Gasteiger partial charge is 0.205 e. The Morgan fingerprint density at radius 1 is 0.452 bits per heavy atom. The van der Waals surface area contributed by atoms with Gasteiger partial charge in [0.15, 0.2) is 12.4 Å². The highest BCUT2D eigenvalue weighted by Gasteiger charge is 2.02. The lowest BCUT2D eigenvalue weighted by molar-refractivity contribution is -0.697. The Morgan fingerprint density at radius 2 is 0.806 bits per heavy atom. The van der Waals surface area contributed by atoms with Gasteiger partial charge >= 0.3 is 0 Å². The molecule has 0 aliphatic heterocycles. The normalized spacial score (nSPS) is 11.3. The van der Waals surface area contributed by atoms with Crippen LogP contribution >= 0.6 is 0 Å². The van der Waals surface area contributed by atoms with Crippen LogP contribution in [-0.4, -0.2) is 0 Å². The van der Waals surface area contributed by atoms with Gasteiger partial charge in [0.1, 0.15) is 6.54 Å². The van der Waals surface area contributed by atoms with Crippen molar-refractivity contribution in [1.29, 1.82) is 0 Å². The van der Waals surface area contributed by atoms with E-state index in [-0.39, 0.29) is 0 Å². The number of rotatable bonds is 23. The number of aryl methyl sites for hydroxylation is 2. The number of pyridine rings is 1. The first-order valence-electron chi connectivity index (χ1n) is 14.3. The van der Waals surface area contributed by atoms with Crippen molar-refractivity contribution in [3.63, 3.8) is 0 Å². The maximum atomic E-state index is 2.39. The zero-order chi connectivity index (χ0) is 22.2. The van der Waals surface area contributed by atoms with Gasteiger partial charge in [0.2, 0.25) is 0 Å². The van der Waals surface area contributed by atoms with Gasteiger partial charge in [0, 0.05) is 18.6 Å². The first kappa shape index (κ1) is 28.2. The summed E-state index contributed by atoms with van der Waals surface area (Å²) in [5, 5.41) is 0. The molecule has 0 aliphatic carbocycles. The molecular formula is C30H56N+. The summed E-state index contributed by atoms with van der Waals surface area (Å²) >= 11 is 0. The summed E-state index contributed by atoms with van der Waals surface area (Å²) in [4.78, 5) is 0. The fraction of sp³-hybridized carbons (Fsp3) is 0.833. The third-order valence-electron chi connectivity index (χ3n) is 6.80. The number of aromatic nitrogens is 1. The van der Waals surface area contributed by atoms with Gasteiger partial charge in [-0.1, -0.05) is 129 Å². The standard InChI is InChI=1S/C30H56N/c1-3-5-7-9-11-13-14-15-17-19-21-23-27-31-28-25-30(26-29-31)24-22-20-18-16-12-10-8-6-4-2/h25-26,28-29H,3-24,27H2,1-2H3/q+1. The van der Waals surface area contributed by atoms with Gasteiger partial charge in [0.25, 0.3) is 0 Å². The van der Waals surface area contributed by atoms with Crippen LogP contribution in [0.4, 0.5) is 0 Å². The lowest BCUT2D eigenvalue weighted by Gasteiger charge is -2.03. The lowest BCUT2D eigenvalue weighted by atomic mass is 10.0. The first-order chi connectivity index (χ1) is 15.4. The van der Waals surface area contributed by atoms with Crippen molar-refractivity contribution in [3.05, 3.63) is 30.1 Å². The van der Waals surface area contributed by atoms with E-state index >= 15 is 0 Å². The van der Waals surface area contributed by atoms with Crippen LogP contribution < -0.4 is 4.57 Å². The summed E-state index contributed by atoms with van der Waals surface area (Å²) in [7, 11) is 0. The summed E-state index contributed by atoms with van der Waals surface area (Å²) in [6, 6.07) is 4.70. The maximum absolute atomic E-state index is 2.39. The monoisotopic (exact) mass is 430 g/mol. The third-order valence-corrected chi connectivity index (χ3v) is 6.80. The van der Waals surface area contributed by atoms with Crippen molar-refractivity contribution in [3.8, 4) is 0 Å². The van der Waals surface area contributed by atoms with Crippen LogP contribution in [0.5, 0.6) is 0 Å². The zero-order valence-corrected chi connectivity index (χ0v) is 21.5. The Bertz CT molecular complexity index is 464. The summed E-state index contributed by atoms with van der Waals surface area (Å²) in [5.74, 6) is 0. The van der Waals surface area contributed by atoms with Crippen LogP contribution in [0.2, 0.25) is 0 Å². The van der Waals surface area contributed by atoms with Crippen LogP contribution in [0.25, 0.3) is 0 Å². The Morgan fingerprint density at radius 3 is 1.23 bits per heavy atom. The SMILES string of the molecule is CCCCCCCCCCCCCC[n+]1ccc(CCCCCCCCCCC)cc1. The molecule has 0 atom stereocenters. The second-order valence-corrected chi connectivity index (χ2v) is 9.91. The molecule has 0 spiro atoms. The number of hydrogen-bond acceptors (Lipinski definition) is 0. The van der Waals surface area contributed by atoms with E-state index < -0.39 is 0 Å². The highest BCUT2D eigenvalue weighted by atomic mass is 14.9. The zero-order valence-electron chi connectivity index (χ0n) is 21.5. The Hall–Kier alpha value is -0.850. The minimum absolute atomic E-state index is 1.19. The molecule has 0 aliphatic rings. The molecule has 0 N–H and O–H groups in total. The highest BCUT2D eigenvalue weighted by Crippen LogP contribution is 2.13. The van der Waals surface area contributed by atoms with E-state index in [0.717, 1.165) is 0 Å². The van der Waals surface area contributed by atoms with Crippen molar-refractivity contribution in [2.24, 2.45) is 0 Å². The van der Waals surface area contributed by atoms with Gasteiger partial charge in [0.05, 0.1) is 0 Å². The topological polar surface area (TPSA) is 3.88 Å². The van der Waals surface area contributed by atoms with E-state index in [2.05, 4.69) is 42.9 Å². The average Bonchev–Trinajstić information content (AvgIpc) is 2.79. The second-order valence-electron chi connectivity index (χ2n) is 9.91. The summed E-state index contributed by atoms with van der Waals surface area (Å²) in [5.41, 5.74) is 1.52. The molecule has 1 aromatic heterocycles. The Labute approximate surface area is 196 Å². The molecule has 0 amide bonds. The lowest BCUT2D eigenvalue weighted by Crippen LogP contribution is -2.32. The van der Waals surface area contributed by atoms with Gasteiger partial charge in [-0.05, 0) is 24.8 Å². The molecule has 0 fully saturated rings. The Kier molecular flexibility index (Phi) is 20.3. The first-order valence-corrected chi connectivity index (χ1v) is 14.3. The van der Waals surface area contributed by atoms with Gasteiger partial charge in [-0.15, -0.1) is 0 Å². The predicted molar refractivity (Wildman–Crippen MR) is 139 cm³/mol. The molecular weight excluding hydrogens is 374 g/mol. The minimum atomic E-state index is 1.19. The molecule has 0 unspecified atom stereocenters. The van der Waals surface area contributed by atoms with E-state index in [1.54, 1.807) is 0 Å². The van der Waals surface area contributed by atoms with E-state index in [1.165, 1.54) is 153 Å². The molecule has 1 aromatic rings. The molecule has 180 valence electrons. The van der Waals surface area contributed by atoms with E-state index in [9.17, 15) is 0 Å². The van der Waals surface area contributed by atoms with Gasteiger partial charge in [-0.2, -0.15) is 0 Å². The molecule has 0 aromatic carbocycles. The van der Waals surface area contributed by atoms with Crippen LogP contribution in [0, 0.1) is 0 Å². The van der Waals surface area contributed by atoms with E-state index in [1.807, 2.05) is 0 Å². The van der Waals surface area contributed by atoms with E-state index in [0.29, 0.717) is 0 Å². The summed E-state index contributed by atoms with van der Waals surface area (Å²) in [6.45, 7) is 5.78. The minimum Gasteiger partial charge on any atom is -0.205 e. The average molecular weight is 431 g/mol. The molecule has 31 heavy (non-hydrogen) atoms. The van der Waals surface area contributed by atoms with Crippen molar-refractivity contribution in [2.75, 3.05) is 0 Å². The van der Waals surface area contributed by atoms with Crippen molar-refractivity contribution in [2.45, 2.75) is 162 Å². The van der Waals surface area contributed by atoms with Crippen molar-refractivity contribution >= 4 is 0 Å². The van der Waals surface area contributed by atoms with E-state index in [4.69, 9.17) is 0 Å². The molecule has 1 nitrogen and oxygen atoms in total. The fourth-order valence-electron chi connectivity index (χ4n) is 4.58. The molecule has 0 bridgehead atoms. The van der Waals surface area contributed by atoms with Crippen molar-refractivity contribution in [1.82, 2.24) is 0 Å². The van der Waals surface area contributed by atoms with Crippen LogP contribution in [0.1, 0.15) is 154 Å². The number of nitrogens with zero attached hydrogens (tertiary/aromatic N) is 1. The molecule has 1 heterocycles.